The number of esters is 2. The van der Waals surface area contributed by atoms with Gasteiger partial charge in [0.15, 0.2) is 0 Å². The lowest BCUT2D eigenvalue weighted by atomic mass is 9.47. The van der Waals surface area contributed by atoms with Gasteiger partial charge in [0, 0.05) is 0 Å². The summed E-state index contributed by atoms with van der Waals surface area (Å²) in [6, 6.07) is 0. The second-order valence-corrected chi connectivity index (χ2v) is 16.3. The van der Waals surface area contributed by atoms with Crippen LogP contribution in [0.2, 0.25) is 0 Å². The molecule has 0 spiro atoms. The highest BCUT2D eigenvalue weighted by molar-refractivity contribution is 6.06. The molecule has 0 aromatic rings. The second-order valence-electron chi connectivity index (χ2n) is 16.3. The van der Waals surface area contributed by atoms with Crippen molar-refractivity contribution in [3.63, 3.8) is 0 Å². The number of nitrogens with zero attached hydrogens (tertiary/aromatic N) is 1. The van der Waals surface area contributed by atoms with E-state index in [0.29, 0.717) is 12.8 Å². The van der Waals surface area contributed by atoms with Gasteiger partial charge in [0.1, 0.15) is 6.61 Å². The van der Waals surface area contributed by atoms with Crippen molar-refractivity contribution in [1.29, 1.82) is 0 Å². The van der Waals surface area contributed by atoms with E-state index in [1.807, 2.05) is 46.8 Å². The van der Waals surface area contributed by atoms with Crippen LogP contribution in [0.4, 0.5) is 0 Å². The molecule has 3 heterocycles. The fraction of sp³-hybridized carbons (Fsp3) is 0.818. The third-order valence-electron chi connectivity index (χ3n) is 11.0. The summed E-state index contributed by atoms with van der Waals surface area (Å²) in [5.41, 5.74) is -3.45. The average molecular weight is 576 g/mol. The zero-order chi connectivity index (χ0) is 31.6. The number of carbonyl (C=O) groups is 4. The number of likely N-dealkylation sites (tertiary alicyclic amines) is 1. The van der Waals surface area contributed by atoms with Gasteiger partial charge in [-0.15, -0.1) is 0 Å². The predicted octanol–water partition coefficient (Wildman–Crippen LogP) is 5.58. The van der Waals surface area contributed by atoms with Crippen LogP contribution in [-0.2, 0) is 33.4 Å². The zero-order valence-electron chi connectivity index (χ0n) is 27.6. The lowest BCUT2D eigenvalue weighted by molar-refractivity contribution is -0.180. The van der Waals surface area contributed by atoms with Gasteiger partial charge >= 0.3 is 11.9 Å². The Morgan fingerprint density at radius 3 is 1.68 bits per heavy atom. The van der Waals surface area contributed by atoms with E-state index in [0.717, 1.165) is 0 Å². The van der Waals surface area contributed by atoms with Crippen molar-refractivity contribution < 1.29 is 33.4 Å². The maximum absolute atomic E-state index is 13.9. The molecule has 0 saturated carbocycles. The summed E-state index contributed by atoms with van der Waals surface area (Å²) < 4.78 is 16.9. The fourth-order valence-corrected chi connectivity index (χ4v) is 7.30. The first-order valence-electron chi connectivity index (χ1n) is 14.9. The van der Waals surface area contributed by atoms with Gasteiger partial charge in [-0.25, -0.2) is 0 Å². The molecule has 6 atom stereocenters. The van der Waals surface area contributed by atoms with Crippen molar-refractivity contribution in [2.24, 2.45) is 44.3 Å². The Bertz CT molecular complexity index is 1080. The number of hydrogen-bond acceptors (Lipinski definition) is 7. The van der Waals surface area contributed by atoms with Crippen molar-refractivity contribution in [3.05, 3.63) is 12.2 Å². The molecule has 0 aliphatic carbocycles. The van der Waals surface area contributed by atoms with Gasteiger partial charge in [-0.05, 0) is 48.3 Å². The minimum Gasteiger partial charge on any atom is -0.469 e. The van der Waals surface area contributed by atoms with Gasteiger partial charge in [-0.2, -0.15) is 0 Å². The van der Waals surface area contributed by atoms with Crippen LogP contribution in [0.3, 0.4) is 0 Å². The second kappa shape index (κ2) is 10.5. The third kappa shape index (κ3) is 5.50. The minimum absolute atomic E-state index is 0.0248. The summed E-state index contributed by atoms with van der Waals surface area (Å²) in [4.78, 5) is 54.5. The first-order chi connectivity index (χ1) is 18.4. The lowest BCUT2D eigenvalue weighted by Gasteiger charge is -2.56. The number of hydrogen-bond donors (Lipinski definition) is 0. The molecule has 8 nitrogen and oxygen atoms in total. The first kappa shape index (κ1) is 33.3. The summed E-state index contributed by atoms with van der Waals surface area (Å²) in [5, 5.41) is 0. The van der Waals surface area contributed by atoms with Crippen molar-refractivity contribution in [2.45, 2.75) is 108 Å². The van der Waals surface area contributed by atoms with E-state index in [9.17, 15) is 19.2 Å². The monoisotopic (exact) mass is 575 g/mol. The van der Waals surface area contributed by atoms with Crippen LogP contribution in [-0.4, -0.2) is 61.1 Å². The van der Waals surface area contributed by atoms with E-state index in [1.165, 1.54) is 12.0 Å². The van der Waals surface area contributed by atoms with Crippen LogP contribution in [0, 0.1) is 44.3 Å². The summed E-state index contributed by atoms with van der Waals surface area (Å²) >= 11 is 0. The normalized spacial score (nSPS) is 27.5. The fourth-order valence-electron chi connectivity index (χ4n) is 7.30. The Hall–Kier alpha value is -2.22. The lowest BCUT2D eigenvalue weighted by Crippen LogP contribution is -2.55. The standard InChI is InChI=1S/C33H53NO7/c1-28(2,3)18-33(12,26(37)39-13)31(9,10)30(7,8)19-32(11,29(4,5)6)27(38)40-17-16-34-24(35)22-20-14-15-21(41-20)23(22)25(34)36/h14-15,20-23H,16-19H2,1-13H3. The Morgan fingerprint density at radius 1 is 0.780 bits per heavy atom. The van der Waals surface area contributed by atoms with Crippen LogP contribution in [0.15, 0.2) is 12.2 Å². The van der Waals surface area contributed by atoms with E-state index < -0.39 is 38.9 Å². The number of methoxy groups -OCH3 is 1. The molecule has 2 bridgehead atoms. The summed E-state index contributed by atoms with van der Waals surface area (Å²) in [7, 11) is 1.43. The summed E-state index contributed by atoms with van der Waals surface area (Å²) in [6.07, 6.45) is 4.07. The molecule has 232 valence electrons. The van der Waals surface area contributed by atoms with Crippen molar-refractivity contribution in [2.75, 3.05) is 20.3 Å². The number of rotatable bonds is 10. The molecule has 6 unspecified atom stereocenters. The Balaban J connectivity index is 1.79. The molecule has 3 rings (SSSR count). The van der Waals surface area contributed by atoms with Crippen LogP contribution < -0.4 is 0 Å². The van der Waals surface area contributed by atoms with Crippen LogP contribution in [0.5, 0.6) is 0 Å². The Labute approximate surface area is 246 Å². The maximum atomic E-state index is 13.9. The maximum Gasteiger partial charge on any atom is 0.312 e. The van der Waals surface area contributed by atoms with Gasteiger partial charge < -0.3 is 14.2 Å². The molecule has 0 aromatic heterocycles. The van der Waals surface area contributed by atoms with Gasteiger partial charge in [0.25, 0.3) is 0 Å². The van der Waals surface area contributed by atoms with E-state index in [1.54, 1.807) is 0 Å². The molecule has 41 heavy (non-hydrogen) atoms. The van der Waals surface area contributed by atoms with Gasteiger partial charge in [0.05, 0.1) is 48.5 Å². The molecular weight excluding hydrogens is 522 g/mol. The highest BCUT2D eigenvalue weighted by Gasteiger charge is 2.62. The molecule has 2 saturated heterocycles. The summed E-state index contributed by atoms with van der Waals surface area (Å²) in [6.45, 7) is 24.7. The van der Waals surface area contributed by atoms with Gasteiger partial charge in [-0.3, -0.25) is 24.1 Å². The Morgan fingerprint density at radius 2 is 1.27 bits per heavy atom. The molecule has 8 heteroatoms. The highest BCUT2D eigenvalue weighted by Crippen LogP contribution is 2.61. The molecule has 2 fully saturated rings. The quantitative estimate of drug-likeness (QED) is 0.191. The van der Waals surface area contributed by atoms with E-state index in [2.05, 4.69) is 48.5 Å². The SMILES string of the molecule is COC(=O)C(C)(CC(C)(C)C)C(C)(C)C(C)(C)CC(C)(C(=O)OCCN1C(=O)C2C3C=CC(O3)C2C1=O)C(C)(C)C. The third-order valence-corrected chi connectivity index (χ3v) is 11.0. The molecule has 2 amide bonds. The zero-order valence-corrected chi connectivity index (χ0v) is 27.6. The Kier molecular flexibility index (Phi) is 8.52. The van der Waals surface area contributed by atoms with Crippen LogP contribution in [0.25, 0.3) is 0 Å². The van der Waals surface area contributed by atoms with Crippen molar-refractivity contribution in [3.8, 4) is 0 Å². The van der Waals surface area contributed by atoms with Crippen molar-refractivity contribution >= 4 is 23.8 Å². The van der Waals surface area contributed by atoms with E-state index in [-0.39, 0.29) is 54.5 Å². The molecule has 3 aliphatic rings. The smallest absolute Gasteiger partial charge is 0.312 e. The number of ether oxygens (including phenoxy) is 3. The predicted molar refractivity (Wildman–Crippen MR) is 156 cm³/mol. The van der Waals surface area contributed by atoms with Gasteiger partial charge in [-0.1, -0.05) is 81.4 Å². The first-order valence-corrected chi connectivity index (χ1v) is 14.9. The molecule has 0 N–H and O–H groups in total. The largest absolute Gasteiger partial charge is 0.469 e. The topological polar surface area (TPSA) is 99.2 Å². The molecule has 3 aliphatic heterocycles. The number of fused-ring (bicyclic) bond motifs is 5. The minimum atomic E-state index is -0.932. The highest BCUT2D eigenvalue weighted by atomic mass is 16.5. The van der Waals surface area contributed by atoms with Gasteiger partial charge in [0.2, 0.25) is 11.8 Å². The molecular formula is C33H53NO7. The molecule has 0 aromatic carbocycles. The van der Waals surface area contributed by atoms with Crippen molar-refractivity contribution in [1.82, 2.24) is 4.90 Å². The number of imide groups is 1. The van der Waals surface area contributed by atoms with Crippen LogP contribution >= 0.6 is 0 Å². The van der Waals surface area contributed by atoms with Crippen LogP contribution in [0.1, 0.15) is 95.9 Å². The number of amides is 2. The van der Waals surface area contributed by atoms with E-state index in [4.69, 9.17) is 14.2 Å². The average Bonchev–Trinajstić information content (AvgIpc) is 3.50. The van der Waals surface area contributed by atoms with E-state index >= 15 is 0 Å². The number of carbonyl (C=O) groups excluding carboxylic acids is 4. The molecule has 0 radical (unpaired) electrons. The summed E-state index contributed by atoms with van der Waals surface area (Å²) in [5.74, 6) is -2.11.